The highest BCUT2D eigenvalue weighted by Gasteiger charge is 2.34. The molecule has 1 aromatic heterocycles. The SMILES string of the molecule is CCOC(=O)C1=C(C)N=c2s/c(=C/c3ccc(OCC)c(OC)c3)c(=O)n2[C@H]1c1ccccc1OC. The van der Waals surface area contributed by atoms with Crippen LogP contribution in [0.5, 0.6) is 17.2 Å². The van der Waals surface area contributed by atoms with Gasteiger partial charge in [0.15, 0.2) is 16.3 Å². The van der Waals surface area contributed by atoms with E-state index in [4.69, 9.17) is 18.9 Å². The number of methoxy groups -OCH3 is 2. The molecular formula is C27H28N2O6S. The minimum absolute atomic E-state index is 0.207. The van der Waals surface area contributed by atoms with Crippen LogP contribution in [0.1, 0.15) is 37.9 Å². The zero-order valence-electron chi connectivity index (χ0n) is 20.9. The third kappa shape index (κ3) is 4.66. The van der Waals surface area contributed by atoms with Crippen molar-refractivity contribution in [2.75, 3.05) is 27.4 Å². The minimum atomic E-state index is -0.742. The predicted molar refractivity (Wildman–Crippen MR) is 138 cm³/mol. The molecule has 1 atom stereocenters. The van der Waals surface area contributed by atoms with E-state index in [1.165, 1.54) is 11.3 Å². The number of fused-ring (bicyclic) bond motifs is 1. The summed E-state index contributed by atoms with van der Waals surface area (Å²) < 4.78 is 24.0. The van der Waals surface area contributed by atoms with Crippen LogP contribution in [0.2, 0.25) is 0 Å². The Morgan fingerprint density at radius 3 is 2.50 bits per heavy atom. The fraction of sp³-hybridized carbons (Fsp3) is 0.296. The Bertz CT molecular complexity index is 1500. The Kier molecular flexibility index (Phi) is 7.59. The highest BCUT2D eigenvalue weighted by atomic mass is 32.1. The lowest BCUT2D eigenvalue weighted by atomic mass is 9.95. The Morgan fingerprint density at radius 1 is 1.06 bits per heavy atom. The Hall–Kier alpha value is -3.85. The van der Waals surface area contributed by atoms with Gasteiger partial charge in [0.05, 0.1) is 43.2 Å². The van der Waals surface area contributed by atoms with Crippen LogP contribution < -0.4 is 29.1 Å². The number of para-hydroxylation sites is 1. The largest absolute Gasteiger partial charge is 0.496 e. The van der Waals surface area contributed by atoms with Gasteiger partial charge < -0.3 is 18.9 Å². The molecule has 188 valence electrons. The molecule has 0 saturated heterocycles. The van der Waals surface area contributed by atoms with Crippen molar-refractivity contribution in [3.63, 3.8) is 0 Å². The molecule has 0 saturated carbocycles. The third-order valence-electron chi connectivity index (χ3n) is 5.74. The van der Waals surface area contributed by atoms with E-state index in [0.29, 0.717) is 50.0 Å². The van der Waals surface area contributed by atoms with Crippen LogP contribution in [0.4, 0.5) is 0 Å². The number of rotatable bonds is 8. The maximum atomic E-state index is 13.8. The van der Waals surface area contributed by atoms with Crippen molar-refractivity contribution < 1.29 is 23.7 Å². The van der Waals surface area contributed by atoms with Crippen LogP contribution in [0, 0.1) is 0 Å². The lowest BCUT2D eigenvalue weighted by Gasteiger charge is -2.25. The summed E-state index contributed by atoms with van der Waals surface area (Å²) in [5.41, 5.74) is 1.99. The van der Waals surface area contributed by atoms with Gasteiger partial charge in [0.2, 0.25) is 0 Å². The minimum Gasteiger partial charge on any atom is -0.496 e. The highest BCUT2D eigenvalue weighted by molar-refractivity contribution is 7.07. The number of hydrogen-bond donors (Lipinski definition) is 0. The van der Waals surface area contributed by atoms with E-state index in [9.17, 15) is 9.59 Å². The van der Waals surface area contributed by atoms with E-state index in [1.54, 1.807) is 44.8 Å². The number of allylic oxidation sites excluding steroid dienone is 1. The molecule has 4 rings (SSSR count). The van der Waals surface area contributed by atoms with Gasteiger partial charge in [-0.25, -0.2) is 9.79 Å². The number of ether oxygens (including phenoxy) is 4. The molecule has 9 heteroatoms. The number of carbonyl (C=O) groups excluding carboxylic acids is 1. The number of carbonyl (C=O) groups is 1. The van der Waals surface area contributed by atoms with Crippen molar-refractivity contribution in [3.05, 3.63) is 84.5 Å². The maximum absolute atomic E-state index is 13.8. The van der Waals surface area contributed by atoms with Crippen LogP contribution >= 0.6 is 11.3 Å². The summed E-state index contributed by atoms with van der Waals surface area (Å²) in [6.07, 6.45) is 1.78. The first kappa shape index (κ1) is 25.2. The summed E-state index contributed by atoms with van der Waals surface area (Å²) in [6.45, 7) is 6.12. The first-order valence-electron chi connectivity index (χ1n) is 11.6. The molecular weight excluding hydrogens is 480 g/mol. The molecule has 1 aliphatic rings. The second-order valence-corrected chi connectivity index (χ2v) is 8.90. The fourth-order valence-electron chi connectivity index (χ4n) is 4.18. The van der Waals surface area contributed by atoms with Gasteiger partial charge in [0.1, 0.15) is 11.8 Å². The normalized spacial score (nSPS) is 15.2. The number of nitrogens with zero attached hydrogens (tertiary/aromatic N) is 2. The smallest absolute Gasteiger partial charge is 0.338 e. The van der Waals surface area contributed by atoms with E-state index in [2.05, 4.69) is 4.99 Å². The first-order valence-corrected chi connectivity index (χ1v) is 12.4. The van der Waals surface area contributed by atoms with Gasteiger partial charge in [-0.2, -0.15) is 0 Å². The predicted octanol–water partition coefficient (Wildman–Crippen LogP) is 3.21. The van der Waals surface area contributed by atoms with Gasteiger partial charge in [0, 0.05) is 5.56 Å². The molecule has 0 radical (unpaired) electrons. The Balaban J connectivity index is 1.93. The van der Waals surface area contributed by atoms with Crippen molar-refractivity contribution in [1.82, 2.24) is 4.57 Å². The van der Waals surface area contributed by atoms with Crippen LogP contribution in [0.3, 0.4) is 0 Å². The zero-order chi connectivity index (χ0) is 25.8. The van der Waals surface area contributed by atoms with Gasteiger partial charge in [0.25, 0.3) is 5.56 Å². The molecule has 1 aliphatic heterocycles. The summed E-state index contributed by atoms with van der Waals surface area (Å²) in [4.78, 5) is 31.9. The van der Waals surface area contributed by atoms with Crippen molar-refractivity contribution in [1.29, 1.82) is 0 Å². The summed E-state index contributed by atoms with van der Waals surface area (Å²) in [5.74, 6) is 1.25. The van der Waals surface area contributed by atoms with E-state index in [1.807, 2.05) is 43.3 Å². The lowest BCUT2D eigenvalue weighted by molar-refractivity contribution is -0.139. The molecule has 0 amide bonds. The van der Waals surface area contributed by atoms with Crippen molar-refractivity contribution >= 4 is 23.4 Å². The van der Waals surface area contributed by atoms with Gasteiger partial charge >= 0.3 is 5.97 Å². The number of thiazole rings is 1. The summed E-state index contributed by atoms with van der Waals surface area (Å²) in [5, 5.41) is 0. The van der Waals surface area contributed by atoms with Crippen LogP contribution in [-0.2, 0) is 9.53 Å². The molecule has 0 unspecified atom stereocenters. The fourth-order valence-corrected chi connectivity index (χ4v) is 5.22. The first-order chi connectivity index (χ1) is 17.4. The molecule has 0 aliphatic carbocycles. The second-order valence-electron chi connectivity index (χ2n) is 7.89. The Labute approximate surface area is 212 Å². The van der Waals surface area contributed by atoms with E-state index in [-0.39, 0.29) is 12.2 Å². The average Bonchev–Trinajstić information content (AvgIpc) is 3.18. The Morgan fingerprint density at radius 2 is 1.81 bits per heavy atom. The second kappa shape index (κ2) is 10.8. The van der Waals surface area contributed by atoms with Gasteiger partial charge in [-0.05, 0) is 50.6 Å². The van der Waals surface area contributed by atoms with E-state index >= 15 is 0 Å². The van der Waals surface area contributed by atoms with Crippen LogP contribution in [0.15, 0.2) is 63.5 Å². The summed E-state index contributed by atoms with van der Waals surface area (Å²) in [6, 6.07) is 12.1. The van der Waals surface area contributed by atoms with Gasteiger partial charge in [-0.3, -0.25) is 9.36 Å². The molecule has 0 fully saturated rings. The highest BCUT2D eigenvalue weighted by Crippen LogP contribution is 2.35. The molecule has 2 heterocycles. The molecule has 0 N–H and O–H groups in total. The van der Waals surface area contributed by atoms with E-state index < -0.39 is 12.0 Å². The molecule has 3 aromatic rings. The summed E-state index contributed by atoms with van der Waals surface area (Å²) >= 11 is 1.26. The molecule has 8 nitrogen and oxygen atoms in total. The maximum Gasteiger partial charge on any atom is 0.338 e. The molecule has 0 spiro atoms. The van der Waals surface area contributed by atoms with E-state index in [0.717, 1.165) is 5.56 Å². The topological polar surface area (TPSA) is 88.4 Å². The molecule has 2 aromatic carbocycles. The third-order valence-corrected chi connectivity index (χ3v) is 6.72. The number of aromatic nitrogens is 1. The quantitative estimate of drug-likeness (QED) is 0.434. The van der Waals surface area contributed by atoms with Gasteiger partial charge in [-0.1, -0.05) is 35.6 Å². The van der Waals surface area contributed by atoms with Crippen molar-refractivity contribution in [2.24, 2.45) is 4.99 Å². The number of benzene rings is 2. The van der Waals surface area contributed by atoms with Crippen LogP contribution in [-0.4, -0.2) is 38.0 Å². The number of esters is 1. The molecule has 0 bridgehead atoms. The van der Waals surface area contributed by atoms with Crippen LogP contribution in [0.25, 0.3) is 6.08 Å². The standard InChI is InChI=1S/C27H28N2O6S/c1-6-34-20-13-12-17(14-21(20)33-5)15-22-25(30)29-24(18-10-8-9-11-19(18)32-4)23(26(31)35-7-2)16(3)28-27(29)36-22/h8-15,24H,6-7H2,1-5H3/b22-15+/t24-/m0/s1. The lowest BCUT2D eigenvalue weighted by Crippen LogP contribution is -2.40. The van der Waals surface area contributed by atoms with Crippen molar-refractivity contribution in [3.8, 4) is 17.2 Å². The zero-order valence-corrected chi connectivity index (χ0v) is 21.7. The van der Waals surface area contributed by atoms with Crippen molar-refractivity contribution in [2.45, 2.75) is 26.8 Å². The van der Waals surface area contributed by atoms with Gasteiger partial charge in [-0.15, -0.1) is 0 Å². The average molecular weight is 509 g/mol. The summed E-state index contributed by atoms with van der Waals surface area (Å²) in [7, 11) is 3.13. The molecule has 36 heavy (non-hydrogen) atoms. The number of hydrogen-bond acceptors (Lipinski definition) is 8. The monoisotopic (exact) mass is 508 g/mol.